The van der Waals surface area contributed by atoms with Crippen LogP contribution in [0.1, 0.15) is 16.2 Å². The van der Waals surface area contributed by atoms with E-state index in [1.807, 2.05) is 25.1 Å². The summed E-state index contributed by atoms with van der Waals surface area (Å²) in [4.78, 5) is 14.9. The third-order valence-electron chi connectivity index (χ3n) is 3.70. The number of aromatic amines is 2. The Kier molecular flexibility index (Phi) is 3.42. The zero-order valence-electron chi connectivity index (χ0n) is 13.1. The molecule has 0 saturated carbocycles. The normalized spacial score (nSPS) is 11.6. The monoisotopic (exact) mass is 335 g/mol. The molecule has 1 aromatic carbocycles. The van der Waals surface area contributed by atoms with E-state index in [1.165, 1.54) is 6.07 Å². The standard InChI is InChI=1S/C17H13N5O3/c1-9-6-7-14(25-9)12-8-13(20-19-12)16(23)22-21-15-10-4-2-3-5-11(10)18-17(15)24/h2-8,18,24H,1H3,(H,19,20). The number of hydrogen-bond donors (Lipinski definition) is 3. The van der Waals surface area contributed by atoms with Crippen molar-refractivity contribution in [3.63, 3.8) is 0 Å². The van der Waals surface area contributed by atoms with Crippen molar-refractivity contribution in [1.29, 1.82) is 0 Å². The number of aromatic nitrogens is 3. The third-order valence-corrected chi connectivity index (χ3v) is 3.70. The Bertz CT molecular complexity index is 1100. The second kappa shape index (κ2) is 5.75. The number of furan rings is 1. The van der Waals surface area contributed by atoms with E-state index in [-0.39, 0.29) is 17.3 Å². The van der Waals surface area contributed by atoms with Gasteiger partial charge in [0.05, 0.1) is 5.52 Å². The van der Waals surface area contributed by atoms with Crippen LogP contribution in [0.5, 0.6) is 5.88 Å². The molecule has 3 aromatic heterocycles. The number of aryl methyl sites for hydroxylation is 1. The first-order chi connectivity index (χ1) is 12.1. The Labute approximate surface area is 141 Å². The van der Waals surface area contributed by atoms with E-state index in [9.17, 15) is 9.90 Å². The third kappa shape index (κ3) is 2.69. The highest BCUT2D eigenvalue weighted by atomic mass is 16.3. The zero-order valence-corrected chi connectivity index (χ0v) is 13.1. The molecule has 0 spiro atoms. The van der Waals surface area contributed by atoms with Crippen LogP contribution in [0, 0.1) is 6.92 Å². The molecule has 0 fully saturated rings. The molecule has 1 amide bonds. The summed E-state index contributed by atoms with van der Waals surface area (Å²) >= 11 is 0. The first-order valence-electron chi connectivity index (χ1n) is 7.50. The summed E-state index contributed by atoms with van der Waals surface area (Å²) < 4.78 is 5.47. The Morgan fingerprint density at radius 1 is 1.24 bits per heavy atom. The highest BCUT2D eigenvalue weighted by Gasteiger charge is 2.14. The molecule has 124 valence electrons. The fraction of sp³-hybridized carbons (Fsp3) is 0.0588. The van der Waals surface area contributed by atoms with Crippen LogP contribution < -0.4 is 0 Å². The summed E-state index contributed by atoms with van der Waals surface area (Å²) in [5.74, 6) is 0.559. The molecular formula is C17H13N5O3. The number of carbonyl (C=O) groups is 1. The number of rotatable bonds is 3. The van der Waals surface area contributed by atoms with Gasteiger partial charge in [-0.05, 0) is 25.1 Å². The molecule has 8 heteroatoms. The molecule has 0 aliphatic rings. The quantitative estimate of drug-likeness (QED) is 0.488. The number of amides is 1. The molecule has 4 rings (SSSR count). The molecule has 0 saturated heterocycles. The number of carbonyl (C=O) groups excluding carboxylic acids is 1. The molecule has 0 aliphatic heterocycles. The maximum atomic E-state index is 12.2. The van der Waals surface area contributed by atoms with E-state index in [2.05, 4.69) is 25.4 Å². The summed E-state index contributed by atoms with van der Waals surface area (Å²) in [5.41, 5.74) is 1.59. The van der Waals surface area contributed by atoms with Crippen molar-refractivity contribution >= 4 is 22.5 Å². The number of hydrogen-bond acceptors (Lipinski definition) is 5. The van der Waals surface area contributed by atoms with E-state index >= 15 is 0 Å². The minimum atomic E-state index is -0.629. The number of fused-ring (bicyclic) bond motifs is 1. The Morgan fingerprint density at radius 2 is 2.08 bits per heavy atom. The SMILES string of the molecule is Cc1ccc(-c2cc(C(=O)N=Nc3c(O)[nH]c4ccccc34)n[nH]2)o1. The highest BCUT2D eigenvalue weighted by molar-refractivity contribution is 5.96. The molecule has 0 atom stereocenters. The topological polar surface area (TPSA) is 120 Å². The van der Waals surface area contributed by atoms with Crippen molar-refractivity contribution in [3.8, 4) is 17.3 Å². The summed E-state index contributed by atoms with van der Waals surface area (Å²) in [6, 6.07) is 12.3. The van der Waals surface area contributed by atoms with Crippen LogP contribution >= 0.6 is 0 Å². The van der Waals surface area contributed by atoms with Gasteiger partial charge in [0.15, 0.2) is 17.1 Å². The van der Waals surface area contributed by atoms with Crippen molar-refractivity contribution in [3.05, 3.63) is 53.9 Å². The highest BCUT2D eigenvalue weighted by Crippen LogP contribution is 2.35. The van der Waals surface area contributed by atoms with Crippen molar-refractivity contribution < 1.29 is 14.3 Å². The van der Waals surface area contributed by atoms with Gasteiger partial charge in [0.2, 0.25) is 5.88 Å². The van der Waals surface area contributed by atoms with E-state index in [1.54, 1.807) is 18.2 Å². The number of aromatic hydroxyl groups is 1. The second-order valence-corrected chi connectivity index (χ2v) is 5.45. The lowest BCUT2D eigenvalue weighted by Gasteiger charge is -1.90. The van der Waals surface area contributed by atoms with Gasteiger partial charge in [-0.3, -0.25) is 9.89 Å². The number of azo groups is 1. The van der Waals surface area contributed by atoms with Gasteiger partial charge in [0.1, 0.15) is 11.5 Å². The lowest BCUT2D eigenvalue weighted by Crippen LogP contribution is -1.93. The lowest BCUT2D eigenvalue weighted by atomic mass is 10.2. The number of H-pyrrole nitrogens is 2. The van der Waals surface area contributed by atoms with Gasteiger partial charge in [-0.2, -0.15) is 5.10 Å². The van der Waals surface area contributed by atoms with Crippen LogP contribution in [0.3, 0.4) is 0 Å². The first-order valence-corrected chi connectivity index (χ1v) is 7.50. The van der Waals surface area contributed by atoms with E-state index in [0.717, 1.165) is 5.76 Å². The molecule has 0 aliphatic carbocycles. The van der Waals surface area contributed by atoms with Crippen LogP contribution in [0.4, 0.5) is 5.69 Å². The zero-order chi connectivity index (χ0) is 17.4. The first kappa shape index (κ1) is 14.9. The van der Waals surface area contributed by atoms with Gasteiger partial charge in [-0.15, -0.1) is 10.2 Å². The van der Waals surface area contributed by atoms with Crippen molar-refractivity contribution in [2.24, 2.45) is 10.2 Å². The predicted octanol–water partition coefficient (Wildman–Crippen LogP) is 4.09. The summed E-state index contributed by atoms with van der Waals surface area (Å²) in [6.45, 7) is 1.83. The van der Waals surface area contributed by atoms with Crippen LogP contribution in [-0.2, 0) is 0 Å². The van der Waals surface area contributed by atoms with Crippen LogP contribution in [0.2, 0.25) is 0 Å². The van der Waals surface area contributed by atoms with Crippen LogP contribution in [-0.4, -0.2) is 26.2 Å². The molecule has 0 radical (unpaired) electrons. The van der Waals surface area contributed by atoms with E-state index in [4.69, 9.17) is 4.42 Å². The molecule has 0 unspecified atom stereocenters. The number of nitrogens with one attached hydrogen (secondary N) is 2. The summed E-state index contributed by atoms with van der Waals surface area (Å²) in [5, 5.41) is 24.8. The maximum absolute atomic E-state index is 12.2. The lowest BCUT2D eigenvalue weighted by molar-refractivity contribution is 0.0990. The Balaban J connectivity index is 1.60. The fourth-order valence-electron chi connectivity index (χ4n) is 2.50. The van der Waals surface area contributed by atoms with Gasteiger partial charge in [-0.1, -0.05) is 18.2 Å². The average Bonchev–Trinajstić information content (AvgIpc) is 3.30. The number of benzene rings is 1. The Morgan fingerprint density at radius 3 is 2.88 bits per heavy atom. The minimum Gasteiger partial charge on any atom is -0.493 e. The summed E-state index contributed by atoms with van der Waals surface area (Å²) in [6.07, 6.45) is 0. The molecule has 3 N–H and O–H groups in total. The van der Waals surface area contributed by atoms with Gasteiger partial charge < -0.3 is 14.5 Å². The van der Waals surface area contributed by atoms with Gasteiger partial charge in [0.25, 0.3) is 0 Å². The van der Waals surface area contributed by atoms with Gasteiger partial charge in [0, 0.05) is 11.5 Å². The van der Waals surface area contributed by atoms with Crippen LogP contribution in [0.15, 0.2) is 57.1 Å². The van der Waals surface area contributed by atoms with E-state index < -0.39 is 5.91 Å². The molecular weight excluding hydrogens is 322 g/mol. The minimum absolute atomic E-state index is 0.104. The molecule has 3 heterocycles. The molecule has 8 nitrogen and oxygen atoms in total. The summed E-state index contributed by atoms with van der Waals surface area (Å²) in [7, 11) is 0. The number of para-hydroxylation sites is 1. The molecule has 0 bridgehead atoms. The van der Waals surface area contributed by atoms with Gasteiger partial charge in [-0.25, -0.2) is 0 Å². The molecule has 25 heavy (non-hydrogen) atoms. The van der Waals surface area contributed by atoms with E-state index in [0.29, 0.717) is 22.4 Å². The van der Waals surface area contributed by atoms with Crippen molar-refractivity contribution in [2.75, 3.05) is 0 Å². The van der Waals surface area contributed by atoms with Crippen molar-refractivity contribution in [2.45, 2.75) is 6.92 Å². The molecule has 4 aromatic rings. The smallest absolute Gasteiger partial charge is 0.315 e. The van der Waals surface area contributed by atoms with Crippen LogP contribution in [0.25, 0.3) is 22.4 Å². The number of nitrogens with zero attached hydrogens (tertiary/aromatic N) is 3. The largest absolute Gasteiger partial charge is 0.493 e. The predicted molar refractivity (Wildman–Crippen MR) is 89.8 cm³/mol. The fourth-order valence-corrected chi connectivity index (χ4v) is 2.50. The average molecular weight is 335 g/mol. The Hall–Kier alpha value is -3.68. The second-order valence-electron chi connectivity index (χ2n) is 5.45. The maximum Gasteiger partial charge on any atom is 0.315 e. The van der Waals surface area contributed by atoms with Gasteiger partial charge >= 0.3 is 5.91 Å². The van der Waals surface area contributed by atoms with Crippen molar-refractivity contribution in [1.82, 2.24) is 15.2 Å².